The fourth-order valence-corrected chi connectivity index (χ4v) is 8.49. The molecule has 2 rings (SSSR count). The van der Waals surface area contributed by atoms with Gasteiger partial charge in [0.2, 0.25) is 47.3 Å². The highest BCUT2D eigenvalue weighted by atomic mass is 16.4. The van der Waals surface area contributed by atoms with Crippen molar-refractivity contribution < 1.29 is 63.6 Å². The third kappa shape index (κ3) is 24.5. The van der Waals surface area contributed by atoms with Crippen LogP contribution in [0.1, 0.15) is 119 Å². The Morgan fingerprint density at radius 2 is 0.889 bits per heavy atom. The summed E-state index contributed by atoms with van der Waals surface area (Å²) in [5.41, 5.74) is 18.6. The Labute approximate surface area is 474 Å². The van der Waals surface area contributed by atoms with Crippen LogP contribution in [-0.4, -0.2) is 153 Å². The predicted molar refractivity (Wildman–Crippen MR) is 304 cm³/mol. The lowest BCUT2D eigenvalue weighted by molar-refractivity contribution is -0.144. The van der Waals surface area contributed by atoms with Gasteiger partial charge in [-0.3, -0.25) is 43.3 Å². The molecule has 0 heterocycles. The lowest BCUT2D eigenvalue weighted by atomic mass is 9.95. The number of carboxylic acids is 1. The maximum atomic E-state index is 14.4. The molecule has 25 nitrogen and oxygen atoms in total. The van der Waals surface area contributed by atoms with Crippen LogP contribution < -0.4 is 59.7 Å². The van der Waals surface area contributed by atoms with Gasteiger partial charge in [0.1, 0.15) is 54.1 Å². The summed E-state index contributed by atoms with van der Waals surface area (Å²) in [7, 11) is 0. The summed E-state index contributed by atoms with van der Waals surface area (Å²) in [6, 6.07) is 2.27. The standard InChI is InChI=1S/C56H90N12O13/c1-11-31(7)43(52(77)64-41(26-30(5)6)50(75)68-46(34(10)70)54(79)66-44(55(80)81)32(8)12-2)65-48(73)39(19-16-24-60-56(58)59)61-53(78)45(33(9)69)67-51(76)42(28-36-20-22-37(71)23-21-36)63-49(74)40(25-29(3)4)62-47(72)38(57)27-35-17-14-13-15-18-35/h13-15,17-18,20-23,29-34,38-46,69-71H,11-12,16,19,24-28,57H2,1-10H3,(H,61,78)(H,62,72)(H,63,74)(H,64,77)(H,65,73)(H,66,79)(H,67,76)(H,68,75)(H,80,81)(H4,58,59,60)/t31-,32-,33+,34+,38-,39-,40-,41-,42-,43-,44-,45-,46-/m0/s1. The number of aromatic hydroxyl groups is 1. The van der Waals surface area contributed by atoms with Crippen molar-refractivity contribution in [3.63, 3.8) is 0 Å². The molecule has 0 aliphatic carbocycles. The molecule has 0 aliphatic heterocycles. The van der Waals surface area contributed by atoms with Crippen molar-refractivity contribution in [3.05, 3.63) is 65.7 Å². The van der Waals surface area contributed by atoms with Gasteiger partial charge in [0, 0.05) is 13.0 Å². The lowest BCUT2D eigenvalue weighted by Crippen LogP contribution is -2.63. The van der Waals surface area contributed by atoms with Crippen molar-refractivity contribution in [2.75, 3.05) is 6.54 Å². The van der Waals surface area contributed by atoms with Crippen molar-refractivity contribution in [3.8, 4) is 5.75 Å². The number of benzene rings is 2. The lowest BCUT2D eigenvalue weighted by Gasteiger charge is -2.31. The maximum Gasteiger partial charge on any atom is 0.326 e. The monoisotopic (exact) mass is 1140 g/mol. The number of nitrogens with two attached hydrogens (primary N) is 3. The smallest absolute Gasteiger partial charge is 0.326 e. The molecule has 0 saturated carbocycles. The number of carboxylic acid groups (broad SMARTS) is 1. The molecule has 0 saturated heterocycles. The molecule has 0 radical (unpaired) electrons. The number of hydrogen-bond donors (Lipinski definition) is 15. The number of phenols is 1. The number of carbonyl (C=O) groups excluding carboxylic acids is 8. The number of hydrogen-bond acceptors (Lipinski definition) is 14. The number of amides is 8. The number of rotatable bonds is 35. The molecular weight excluding hydrogens is 1050 g/mol. The molecule has 8 amide bonds. The van der Waals surface area contributed by atoms with E-state index in [0.29, 0.717) is 18.4 Å². The number of phenolic OH excluding ortho intramolecular Hbond substituents is 1. The Kier molecular flexibility index (Phi) is 29.9. The minimum atomic E-state index is -1.77. The maximum absolute atomic E-state index is 14.4. The van der Waals surface area contributed by atoms with Gasteiger partial charge in [-0.15, -0.1) is 0 Å². The molecule has 2 aromatic carbocycles. The van der Waals surface area contributed by atoms with E-state index in [9.17, 15) is 63.6 Å². The van der Waals surface area contributed by atoms with E-state index in [-0.39, 0.29) is 68.6 Å². The zero-order valence-electron chi connectivity index (χ0n) is 48.4. The molecule has 18 N–H and O–H groups in total. The Balaban J connectivity index is 2.49. The minimum Gasteiger partial charge on any atom is -0.508 e. The summed E-state index contributed by atoms with van der Waals surface area (Å²) in [5, 5.41) is 62.1. The average molecular weight is 1140 g/mol. The summed E-state index contributed by atoms with van der Waals surface area (Å²) in [4.78, 5) is 128. The van der Waals surface area contributed by atoms with Crippen LogP contribution in [0.15, 0.2) is 59.6 Å². The highest BCUT2D eigenvalue weighted by Gasteiger charge is 2.38. The molecule has 81 heavy (non-hydrogen) atoms. The van der Waals surface area contributed by atoms with Gasteiger partial charge in [0.15, 0.2) is 5.96 Å². The van der Waals surface area contributed by atoms with E-state index in [2.05, 4.69) is 47.5 Å². The van der Waals surface area contributed by atoms with Gasteiger partial charge in [-0.25, -0.2) is 4.79 Å². The van der Waals surface area contributed by atoms with Gasteiger partial charge in [0.25, 0.3) is 0 Å². The van der Waals surface area contributed by atoms with Crippen LogP contribution in [0.5, 0.6) is 5.75 Å². The third-order valence-corrected chi connectivity index (χ3v) is 13.6. The number of guanidine groups is 1. The minimum absolute atomic E-state index is 0.00422. The largest absolute Gasteiger partial charge is 0.508 e. The quantitative estimate of drug-likeness (QED) is 0.0234. The highest BCUT2D eigenvalue weighted by Crippen LogP contribution is 2.16. The van der Waals surface area contributed by atoms with E-state index in [1.54, 1.807) is 53.7 Å². The number of aliphatic carboxylic acids is 1. The Morgan fingerprint density at radius 3 is 1.37 bits per heavy atom. The molecule has 0 fully saturated rings. The van der Waals surface area contributed by atoms with Crippen molar-refractivity contribution >= 4 is 59.2 Å². The number of nitrogens with one attached hydrogen (secondary N) is 8. The first-order valence-corrected chi connectivity index (χ1v) is 27.6. The number of nitrogens with zero attached hydrogens (tertiary/aromatic N) is 1. The van der Waals surface area contributed by atoms with E-state index in [4.69, 9.17) is 17.2 Å². The first kappa shape index (κ1) is 69.7. The first-order valence-electron chi connectivity index (χ1n) is 27.6. The van der Waals surface area contributed by atoms with Gasteiger partial charge in [-0.05, 0) is 92.9 Å². The first-order chi connectivity index (χ1) is 38.0. The van der Waals surface area contributed by atoms with Crippen LogP contribution in [0.2, 0.25) is 0 Å². The third-order valence-electron chi connectivity index (χ3n) is 13.6. The Hall–Kier alpha value is -7.38. The SMILES string of the molecule is CC[C@H](C)[C@H](NC(=O)[C@@H](NC(=O)[C@H](CC(C)C)NC(=O)[C@@H](NC(=O)[C@H](CCCN=C(N)N)NC(=O)[C@@H](NC(=O)[C@H](Cc1ccc(O)cc1)NC(=O)[C@H](CC(C)C)NC(=O)[C@@H](N)Cc1ccccc1)[C@@H](C)O)[C@@H](C)CC)[C@@H](C)O)C(=O)O. The van der Waals surface area contributed by atoms with E-state index in [0.717, 1.165) is 5.56 Å². The normalized spacial score (nSPS) is 16.1. The molecule has 0 bridgehead atoms. The molecular formula is C56H90N12O13. The van der Waals surface area contributed by atoms with Crippen LogP contribution in [0.25, 0.3) is 0 Å². The topological polar surface area (TPSA) is 421 Å². The zero-order chi connectivity index (χ0) is 61.3. The van der Waals surface area contributed by atoms with E-state index in [1.165, 1.54) is 38.1 Å². The highest BCUT2D eigenvalue weighted by molar-refractivity contribution is 5.98. The molecule has 0 unspecified atom stereocenters. The average Bonchev–Trinajstić information content (AvgIpc) is 3.39. The van der Waals surface area contributed by atoms with Gasteiger partial charge >= 0.3 is 5.97 Å². The molecule has 13 atom stereocenters. The molecule has 452 valence electrons. The van der Waals surface area contributed by atoms with Crippen LogP contribution >= 0.6 is 0 Å². The van der Waals surface area contributed by atoms with Crippen LogP contribution in [0.3, 0.4) is 0 Å². The van der Waals surface area contributed by atoms with E-state index in [1.807, 2.05) is 32.0 Å². The number of aliphatic hydroxyl groups is 2. The fraction of sp³-hybridized carbons (Fsp3) is 0.607. The van der Waals surface area contributed by atoms with Gasteiger partial charge in [-0.1, -0.05) is 111 Å². The van der Waals surface area contributed by atoms with Crippen LogP contribution in [0.4, 0.5) is 0 Å². The predicted octanol–water partition coefficient (Wildman–Crippen LogP) is -0.533. The number of aliphatic imine (C=N–C) groups is 1. The zero-order valence-corrected chi connectivity index (χ0v) is 48.4. The second kappa shape index (κ2) is 34.7. The van der Waals surface area contributed by atoms with Crippen molar-refractivity contribution in [2.24, 2.45) is 45.9 Å². The Morgan fingerprint density at radius 1 is 0.494 bits per heavy atom. The summed E-state index contributed by atoms with van der Waals surface area (Å²) in [6.45, 7) is 16.4. The van der Waals surface area contributed by atoms with Gasteiger partial charge in [0.05, 0.1) is 18.2 Å². The van der Waals surface area contributed by atoms with Crippen molar-refractivity contribution in [1.29, 1.82) is 0 Å². The Bertz CT molecular complexity index is 2400. The van der Waals surface area contributed by atoms with Crippen LogP contribution in [0, 0.1) is 23.7 Å². The molecule has 0 spiro atoms. The summed E-state index contributed by atoms with van der Waals surface area (Å²) < 4.78 is 0. The van der Waals surface area contributed by atoms with Crippen LogP contribution in [-0.2, 0) is 56.0 Å². The molecule has 0 aromatic heterocycles. The van der Waals surface area contributed by atoms with E-state index >= 15 is 0 Å². The van der Waals surface area contributed by atoms with E-state index < -0.39 is 132 Å². The number of aliphatic hydroxyl groups excluding tert-OH is 2. The summed E-state index contributed by atoms with van der Waals surface area (Å²) >= 11 is 0. The fourth-order valence-electron chi connectivity index (χ4n) is 8.49. The number of carbonyl (C=O) groups is 9. The summed E-state index contributed by atoms with van der Waals surface area (Å²) in [6.07, 6.45) is -2.32. The molecule has 25 heteroatoms. The summed E-state index contributed by atoms with van der Waals surface area (Å²) in [5.74, 6) is -10.0. The second-order valence-corrected chi connectivity index (χ2v) is 21.7. The van der Waals surface area contributed by atoms with Gasteiger partial charge in [-0.2, -0.15) is 0 Å². The molecule has 2 aromatic rings. The molecule has 0 aliphatic rings. The van der Waals surface area contributed by atoms with Crippen molar-refractivity contribution in [2.45, 2.75) is 187 Å². The van der Waals surface area contributed by atoms with Gasteiger partial charge < -0.3 is 80.2 Å². The second-order valence-electron chi connectivity index (χ2n) is 21.7. The van der Waals surface area contributed by atoms with Crippen molar-refractivity contribution in [1.82, 2.24) is 42.5 Å².